The second-order valence-electron chi connectivity index (χ2n) is 4.77. The summed E-state index contributed by atoms with van der Waals surface area (Å²) in [5.41, 5.74) is 0. The highest BCUT2D eigenvalue weighted by Gasteiger charge is 2.20. The van der Waals surface area contributed by atoms with Crippen LogP contribution in [-0.4, -0.2) is 42.8 Å². The number of methoxy groups -OCH3 is 1. The highest BCUT2D eigenvalue weighted by atomic mass is 79.9. The van der Waals surface area contributed by atoms with Crippen LogP contribution in [0.25, 0.3) is 0 Å². The van der Waals surface area contributed by atoms with Crippen molar-refractivity contribution in [2.75, 3.05) is 31.6 Å². The maximum absolute atomic E-state index is 5.24. The Balaban J connectivity index is 2.12. The zero-order chi connectivity index (χ0) is 13.7. The Morgan fingerprint density at radius 1 is 1.58 bits per heavy atom. The highest BCUT2D eigenvalue weighted by Crippen LogP contribution is 2.24. The van der Waals surface area contributed by atoms with Crippen LogP contribution >= 0.6 is 15.9 Å². The van der Waals surface area contributed by atoms with E-state index in [0.29, 0.717) is 11.9 Å². The molecule has 19 heavy (non-hydrogen) atoms. The molecule has 0 amide bonds. The average Bonchev–Trinajstić information content (AvgIpc) is 2.92. The Bertz CT molecular complexity index is 410. The molecule has 0 bridgehead atoms. The summed E-state index contributed by atoms with van der Waals surface area (Å²) >= 11 is 3.39. The van der Waals surface area contributed by atoms with E-state index in [1.807, 2.05) is 0 Å². The lowest BCUT2D eigenvalue weighted by Crippen LogP contribution is -2.39. The first-order valence-corrected chi connectivity index (χ1v) is 7.58. The second-order valence-corrected chi connectivity index (χ2v) is 5.62. The molecule has 6 heteroatoms. The van der Waals surface area contributed by atoms with Gasteiger partial charge in [-0.05, 0) is 41.7 Å². The molecule has 1 fully saturated rings. The topological polar surface area (TPSA) is 50.3 Å². The number of aromatic nitrogens is 2. The monoisotopic (exact) mass is 328 g/mol. The molecule has 2 heterocycles. The van der Waals surface area contributed by atoms with Crippen LogP contribution < -0.4 is 15.0 Å². The Labute approximate surface area is 122 Å². The number of nitrogens with one attached hydrogen (secondary N) is 1. The molecule has 0 saturated carbocycles. The zero-order valence-electron chi connectivity index (χ0n) is 11.5. The van der Waals surface area contributed by atoms with Gasteiger partial charge in [-0.25, -0.2) is 4.98 Å². The molecule has 1 aliphatic heterocycles. The van der Waals surface area contributed by atoms with E-state index >= 15 is 0 Å². The Kier molecular flexibility index (Phi) is 5.39. The van der Waals surface area contributed by atoms with Crippen molar-refractivity contribution < 1.29 is 4.74 Å². The van der Waals surface area contributed by atoms with Crippen LogP contribution in [0.2, 0.25) is 0 Å². The lowest BCUT2D eigenvalue weighted by Gasteiger charge is -2.25. The molecule has 1 aliphatic rings. The van der Waals surface area contributed by atoms with Crippen molar-refractivity contribution in [2.45, 2.75) is 32.2 Å². The van der Waals surface area contributed by atoms with Crippen LogP contribution in [0, 0.1) is 0 Å². The number of halogens is 1. The predicted molar refractivity (Wildman–Crippen MR) is 79.8 cm³/mol. The molecule has 1 aromatic heterocycles. The number of hydrogen-bond acceptors (Lipinski definition) is 5. The summed E-state index contributed by atoms with van der Waals surface area (Å²) < 4.78 is 6.03. The van der Waals surface area contributed by atoms with E-state index in [1.165, 1.54) is 12.8 Å². The van der Waals surface area contributed by atoms with E-state index in [0.717, 1.165) is 36.5 Å². The molecule has 0 aromatic carbocycles. The first kappa shape index (κ1) is 14.5. The lowest BCUT2D eigenvalue weighted by molar-refractivity contribution is 0.393. The SMILES string of the molecule is CCCN(CC1CCCN1)c1ncc(Br)c(OC)n1. The van der Waals surface area contributed by atoms with Gasteiger partial charge in [0, 0.05) is 19.1 Å². The van der Waals surface area contributed by atoms with E-state index in [2.05, 4.69) is 43.0 Å². The van der Waals surface area contributed by atoms with Crippen molar-refractivity contribution in [1.29, 1.82) is 0 Å². The van der Waals surface area contributed by atoms with Crippen LogP contribution in [0.15, 0.2) is 10.7 Å². The van der Waals surface area contributed by atoms with Crippen LogP contribution in [0.4, 0.5) is 5.95 Å². The molecule has 1 N–H and O–H groups in total. The summed E-state index contributed by atoms with van der Waals surface area (Å²) in [5, 5.41) is 3.52. The van der Waals surface area contributed by atoms with Gasteiger partial charge < -0.3 is 15.0 Å². The van der Waals surface area contributed by atoms with Crippen molar-refractivity contribution in [1.82, 2.24) is 15.3 Å². The van der Waals surface area contributed by atoms with Crippen LogP contribution in [0.5, 0.6) is 5.88 Å². The smallest absolute Gasteiger partial charge is 0.232 e. The van der Waals surface area contributed by atoms with Gasteiger partial charge in [0.2, 0.25) is 11.8 Å². The molecule has 0 radical (unpaired) electrons. The summed E-state index contributed by atoms with van der Waals surface area (Å²) in [7, 11) is 1.62. The molecule has 1 saturated heterocycles. The zero-order valence-corrected chi connectivity index (χ0v) is 13.1. The first-order chi connectivity index (χ1) is 9.24. The average molecular weight is 329 g/mol. The van der Waals surface area contributed by atoms with Gasteiger partial charge in [0.15, 0.2) is 0 Å². The third kappa shape index (κ3) is 3.79. The molecule has 5 nitrogen and oxygen atoms in total. The van der Waals surface area contributed by atoms with E-state index in [1.54, 1.807) is 13.3 Å². The first-order valence-electron chi connectivity index (χ1n) is 6.79. The largest absolute Gasteiger partial charge is 0.480 e. The molecule has 2 rings (SSSR count). The fraction of sp³-hybridized carbons (Fsp3) is 0.692. The standard InChI is InChI=1S/C13H21BrN4O/c1-3-7-18(9-10-5-4-6-15-10)13-16-8-11(14)12(17-13)19-2/h8,10,15H,3-7,9H2,1-2H3. The number of ether oxygens (including phenoxy) is 1. The Hall–Kier alpha value is -0.880. The van der Waals surface area contributed by atoms with Crippen molar-refractivity contribution in [3.63, 3.8) is 0 Å². The van der Waals surface area contributed by atoms with E-state index in [-0.39, 0.29) is 0 Å². The fourth-order valence-electron chi connectivity index (χ4n) is 2.36. The lowest BCUT2D eigenvalue weighted by atomic mass is 10.2. The van der Waals surface area contributed by atoms with Crippen molar-refractivity contribution in [3.05, 3.63) is 10.7 Å². The summed E-state index contributed by atoms with van der Waals surface area (Å²) in [6, 6.07) is 0.546. The minimum Gasteiger partial charge on any atom is -0.480 e. The number of nitrogens with zero attached hydrogens (tertiary/aromatic N) is 3. The summed E-state index contributed by atoms with van der Waals surface area (Å²) in [6.07, 6.45) is 5.32. The highest BCUT2D eigenvalue weighted by molar-refractivity contribution is 9.10. The summed E-state index contributed by atoms with van der Waals surface area (Å²) in [5.74, 6) is 1.33. The maximum Gasteiger partial charge on any atom is 0.232 e. The molecule has 0 aliphatic carbocycles. The van der Waals surface area contributed by atoms with Gasteiger partial charge in [-0.2, -0.15) is 4.98 Å². The van der Waals surface area contributed by atoms with E-state index in [9.17, 15) is 0 Å². The molecule has 1 aromatic rings. The van der Waals surface area contributed by atoms with Crippen LogP contribution in [-0.2, 0) is 0 Å². The summed E-state index contributed by atoms with van der Waals surface area (Å²) in [6.45, 7) is 5.21. The molecule has 1 atom stereocenters. The van der Waals surface area contributed by atoms with Gasteiger partial charge >= 0.3 is 0 Å². The minimum atomic E-state index is 0.546. The maximum atomic E-state index is 5.24. The van der Waals surface area contributed by atoms with Crippen molar-refractivity contribution >= 4 is 21.9 Å². The third-order valence-electron chi connectivity index (χ3n) is 3.27. The Morgan fingerprint density at radius 3 is 3.05 bits per heavy atom. The molecule has 106 valence electrons. The van der Waals surface area contributed by atoms with Gasteiger partial charge in [-0.15, -0.1) is 0 Å². The van der Waals surface area contributed by atoms with Gasteiger partial charge in [0.25, 0.3) is 0 Å². The molecule has 1 unspecified atom stereocenters. The number of anilines is 1. The molecule has 0 spiro atoms. The molecular weight excluding hydrogens is 308 g/mol. The van der Waals surface area contributed by atoms with Gasteiger partial charge in [-0.3, -0.25) is 0 Å². The Morgan fingerprint density at radius 2 is 2.42 bits per heavy atom. The van der Waals surface area contributed by atoms with Crippen LogP contribution in [0.3, 0.4) is 0 Å². The van der Waals surface area contributed by atoms with Gasteiger partial charge in [-0.1, -0.05) is 6.92 Å². The third-order valence-corrected chi connectivity index (χ3v) is 3.82. The normalized spacial score (nSPS) is 18.6. The molecular formula is C13H21BrN4O. The number of rotatable bonds is 6. The van der Waals surface area contributed by atoms with E-state index in [4.69, 9.17) is 4.74 Å². The van der Waals surface area contributed by atoms with Crippen molar-refractivity contribution in [3.8, 4) is 5.88 Å². The predicted octanol–water partition coefficient (Wildman–Crippen LogP) is 2.22. The second kappa shape index (κ2) is 7.05. The van der Waals surface area contributed by atoms with E-state index < -0.39 is 0 Å². The minimum absolute atomic E-state index is 0.546. The van der Waals surface area contributed by atoms with Gasteiger partial charge in [0.1, 0.15) is 0 Å². The van der Waals surface area contributed by atoms with Gasteiger partial charge in [0.05, 0.1) is 17.8 Å². The quantitative estimate of drug-likeness (QED) is 0.867. The van der Waals surface area contributed by atoms with Crippen LogP contribution in [0.1, 0.15) is 26.2 Å². The summed E-state index contributed by atoms with van der Waals surface area (Å²) in [4.78, 5) is 11.1. The van der Waals surface area contributed by atoms with Crippen molar-refractivity contribution in [2.24, 2.45) is 0 Å². The fourth-order valence-corrected chi connectivity index (χ4v) is 2.71. The number of hydrogen-bond donors (Lipinski definition) is 1.